The van der Waals surface area contributed by atoms with Gasteiger partial charge < -0.3 is 10.1 Å². The van der Waals surface area contributed by atoms with Gasteiger partial charge in [0.1, 0.15) is 6.61 Å². The number of benzene rings is 2. The summed E-state index contributed by atoms with van der Waals surface area (Å²) in [5.41, 5.74) is 0.547. The molecule has 0 saturated carbocycles. The first-order chi connectivity index (χ1) is 13.6. The molecule has 1 aliphatic rings. The lowest BCUT2D eigenvalue weighted by Gasteiger charge is -2.36. The fraction of sp³-hybridized carbons (Fsp3) is 0.318. The molecule has 3 rings (SSSR count). The van der Waals surface area contributed by atoms with Gasteiger partial charge in [-0.1, -0.05) is 36.4 Å². The molecule has 1 fully saturated rings. The number of carbonyl (C=O) groups is 2. The smallest absolute Gasteiger partial charge is 0.338 e. The van der Waals surface area contributed by atoms with Crippen LogP contribution in [-0.2, 0) is 9.53 Å². The first-order valence-electron chi connectivity index (χ1n) is 9.31. The summed E-state index contributed by atoms with van der Waals surface area (Å²) in [6.07, 6.45) is 1.12. The molecule has 0 bridgehead atoms. The number of anilines is 1. The van der Waals surface area contributed by atoms with Crippen molar-refractivity contribution >= 4 is 17.6 Å². The number of hydrogen-bond donors (Lipinski definition) is 1. The van der Waals surface area contributed by atoms with Crippen LogP contribution in [0.5, 0.6) is 0 Å². The number of ether oxygens (including phenoxy) is 1. The Morgan fingerprint density at radius 3 is 2.25 bits per heavy atom. The van der Waals surface area contributed by atoms with Crippen LogP contribution in [0.15, 0.2) is 60.7 Å². The van der Waals surface area contributed by atoms with Crippen LogP contribution in [0.1, 0.15) is 23.2 Å². The van der Waals surface area contributed by atoms with E-state index in [0.29, 0.717) is 31.5 Å². The van der Waals surface area contributed by atoms with Crippen LogP contribution in [0, 0.1) is 16.7 Å². The van der Waals surface area contributed by atoms with E-state index in [1.165, 1.54) is 0 Å². The van der Waals surface area contributed by atoms with Crippen molar-refractivity contribution < 1.29 is 14.3 Å². The summed E-state index contributed by atoms with van der Waals surface area (Å²) < 4.78 is 5.40. The third kappa shape index (κ3) is 5.18. The molecule has 6 heteroatoms. The van der Waals surface area contributed by atoms with Crippen LogP contribution in [0.4, 0.5) is 5.69 Å². The molecule has 0 spiro atoms. The Bertz CT molecular complexity index is 838. The van der Waals surface area contributed by atoms with E-state index in [1.54, 1.807) is 24.3 Å². The minimum Gasteiger partial charge on any atom is -0.460 e. The fourth-order valence-corrected chi connectivity index (χ4v) is 3.21. The number of amides is 1. The van der Waals surface area contributed by atoms with Gasteiger partial charge >= 0.3 is 5.97 Å². The van der Waals surface area contributed by atoms with Crippen molar-refractivity contribution in [3.8, 4) is 6.07 Å². The van der Waals surface area contributed by atoms with E-state index >= 15 is 0 Å². The van der Waals surface area contributed by atoms with E-state index in [-0.39, 0.29) is 19.1 Å². The molecule has 28 heavy (non-hydrogen) atoms. The number of piperidine rings is 1. The molecule has 0 radical (unpaired) electrons. The van der Waals surface area contributed by atoms with Gasteiger partial charge in [-0.2, -0.15) is 5.26 Å². The van der Waals surface area contributed by atoms with E-state index in [0.717, 1.165) is 5.69 Å². The minimum atomic E-state index is -0.698. The maximum atomic E-state index is 12.2. The van der Waals surface area contributed by atoms with Gasteiger partial charge in [0.15, 0.2) is 0 Å². The van der Waals surface area contributed by atoms with Gasteiger partial charge in [-0.25, -0.2) is 4.79 Å². The molecule has 6 nitrogen and oxygen atoms in total. The number of nitrogens with one attached hydrogen (secondary N) is 1. The number of nitriles is 1. The second kappa shape index (κ2) is 9.16. The molecule has 0 aliphatic carbocycles. The molecule has 1 heterocycles. The lowest BCUT2D eigenvalue weighted by Crippen LogP contribution is -2.44. The van der Waals surface area contributed by atoms with Gasteiger partial charge in [0, 0.05) is 18.8 Å². The monoisotopic (exact) mass is 377 g/mol. The molecule has 0 aromatic heterocycles. The summed E-state index contributed by atoms with van der Waals surface area (Å²) >= 11 is 0. The number of para-hydroxylation sites is 1. The first kappa shape index (κ1) is 19.6. The molecular weight excluding hydrogens is 354 g/mol. The number of rotatable bonds is 6. The average molecular weight is 377 g/mol. The van der Waals surface area contributed by atoms with Crippen LogP contribution in [-0.4, -0.2) is 43.0 Å². The second-order valence-corrected chi connectivity index (χ2v) is 7.02. The van der Waals surface area contributed by atoms with E-state index in [2.05, 4.69) is 11.4 Å². The summed E-state index contributed by atoms with van der Waals surface area (Å²) in [5.74, 6) is -0.494. The van der Waals surface area contributed by atoms with Gasteiger partial charge in [0.05, 0.1) is 23.6 Å². The third-order valence-corrected chi connectivity index (χ3v) is 4.96. The molecule has 1 N–H and O–H groups in total. The molecule has 0 atom stereocenters. The molecule has 1 aliphatic heterocycles. The zero-order valence-corrected chi connectivity index (χ0v) is 15.6. The van der Waals surface area contributed by atoms with Crippen molar-refractivity contribution in [2.75, 3.05) is 31.6 Å². The molecule has 0 unspecified atom stereocenters. The maximum absolute atomic E-state index is 12.2. The predicted octanol–water partition coefficient (Wildman–Crippen LogP) is 3.09. The summed E-state index contributed by atoms with van der Waals surface area (Å²) in [4.78, 5) is 26.4. The van der Waals surface area contributed by atoms with Crippen LogP contribution < -0.4 is 5.32 Å². The van der Waals surface area contributed by atoms with Crippen molar-refractivity contribution in [2.45, 2.75) is 12.8 Å². The highest BCUT2D eigenvalue weighted by atomic mass is 16.5. The van der Waals surface area contributed by atoms with Gasteiger partial charge in [0.2, 0.25) is 5.91 Å². The first-order valence-corrected chi connectivity index (χ1v) is 9.31. The quantitative estimate of drug-likeness (QED) is 0.782. The Kier molecular flexibility index (Phi) is 6.41. The molecule has 2 aromatic carbocycles. The Hall–Kier alpha value is -3.17. The molecule has 1 saturated heterocycles. The van der Waals surface area contributed by atoms with Crippen molar-refractivity contribution in [3.05, 3.63) is 66.2 Å². The minimum absolute atomic E-state index is 0.0707. The summed E-state index contributed by atoms with van der Waals surface area (Å²) in [7, 11) is 0. The zero-order valence-electron chi connectivity index (χ0n) is 15.6. The van der Waals surface area contributed by atoms with Crippen molar-refractivity contribution in [3.63, 3.8) is 0 Å². The largest absolute Gasteiger partial charge is 0.460 e. The predicted molar refractivity (Wildman–Crippen MR) is 106 cm³/mol. The number of esters is 1. The van der Waals surface area contributed by atoms with Crippen LogP contribution in [0.3, 0.4) is 0 Å². The summed E-state index contributed by atoms with van der Waals surface area (Å²) in [5, 5.41) is 12.5. The van der Waals surface area contributed by atoms with Crippen molar-refractivity contribution in [1.82, 2.24) is 4.90 Å². The van der Waals surface area contributed by atoms with Crippen LogP contribution in [0.25, 0.3) is 0 Å². The SMILES string of the molecule is N#CC1(COC(=O)c2ccccc2)CCN(CC(=O)Nc2ccccc2)CC1. The Morgan fingerprint density at radius 1 is 1.04 bits per heavy atom. The van der Waals surface area contributed by atoms with Gasteiger partial charge in [-0.15, -0.1) is 0 Å². The van der Waals surface area contributed by atoms with Gasteiger partial charge in [0.25, 0.3) is 0 Å². The van der Waals surface area contributed by atoms with Gasteiger partial charge in [-0.3, -0.25) is 9.69 Å². The highest BCUT2D eigenvalue weighted by molar-refractivity contribution is 5.92. The Labute approximate surface area is 164 Å². The number of carbonyl (C=O) groups excluding carboxylic acids is 2. The van der Waals surface area contributed by atoms with Crippen molar-refractivity contribution in [2.24, 2.45) is 5.41 Å². The molecular formula is C22H23N3O3. The second-order valence-electron chi connectivity index (χ2n) is 7.02. The van der Waals surface area contributed by atoms with Gasteiger partial charge in [-0.05, 0) is 37.1 Å². The average Bonchev–Trinajstić information content (AvgIpc) is 2.74. The summed E-state index contributed by atoms with van der Waals surface area (Å²) in [6.45, 7) is 1.57. The lowest BCUT2D eigenvalue weighted by atomic mass is 9.80. The normalized spacial score (nSPS) is 16.0. The lowest BCUT2D eigenvalue weighted by molar-refractivity contribution is -0.117. The van der Waals surface area contributed by atoms with Crippen LogP contribution >= 0.6 is 0 Å². The van der Waals surface area contributed by atoms with Crippen LogP contribution in [0.2, 0.25) is 0 Å². The van der Waals surface area contributed by atoms with E-state index in [4.69, 9.17) is 4.74 Å². The highest BCUT2D eigenvalue weighted by Gasteiger charge is 2.36. The zero-order chi connectivity index (χ0) is 19.8. The number of nitrogens with zero attached hydrogens (tertiary/aromatic N) is 2. The van der Waals surface area contributed by atoms with E-state index in [1.807, 2.05) is 41.3 Å². The highest BCUT2D eigenvalue weighted by Crippen LogP contribution is 2.31. The standard InChI is InChI=1S/C22H23N3O3/c23-16-22(17-28-21(27)18-7-3-1-4-8-18)11-13-25(14-12-22)15-20(26)24-19-9-5-2-6-10-19/h1-10H,11-15,17H2,(H,24,26). The molecule has 1 amide bonds. The topological polar surface area (TPSA) is 82.4 Å². The Balaban J connectivity index is 1.47. The molecule has 2 aromatic rings. The summed E-state index contributed by atoms with van der Waals surface area (Å²) in [6, 6.07) is 20.4. The van der Waals surface area contributed by atoms with E-state index < -0.39 is 11.4 Å². The Morgan fingerprint density at radius 2 is 1.64 bits per heavy atom. The third-order valence-electron chi connectivity index (χ3n) is 4.96. The maximum Gasteiger partial charge on any atom is 0.338 e. The van der Waals surface area contributed by atoms with Crippen molar-refractivity contribution in [1.29, 1.82) is 5.26 Å². The van der Waals surface area contributed by atoms with E-state index in [9.17, 15) is 14.9 Å². The number of likely N-dealkylation sites (tertiary alicyclic amines) is 1. The number of hydrogen-bond acceptors (Lipinski definition) is 5. The fourth-order valence-electron chi connectivity index (χ4n) is 3.21. The molecule has 144 valence electrons.